The second-order valence-electron chi connectivity index (χ2n) is 7.38. The van der Waals surface area contributed by atoms with Gasteiger partial charge in [0.2, 0.25) is 0 Å². The number of hydrogen-bond donors (Lipinski definition) is 2. The van der Waals surface area contributed by atoms with Crippen molar-refractivity contribution in [3.63, 3.8) is 0 Å². The van der Waals surface area contributed by atoms with E-state index in [0.717, 1.165) is 31.4 Å². The predicted octanol–water partition coefficient (Wildman–Crippen LogP) is 3.21. The molecule has 2 N–H and O–H groups in total. The van der Waals surface area contributed by atoms with Crippen LogP contribution in [0.15, 0.2) is 11.1 Å². The Kier molecular flexibility index (Phi) is 3.24. The minimum atomic E-state index is -0.660. The number of carboxylic acids is 1. The summed E-state index contributed by atoms with van der Waals surface area (Å²) in [4.78, 5) is 11.6. The number of carbonyl (C=O) groups is 1. The maximum absolute atomic E-state index is 11.6. The highest BCUT2D eigenvalue weighted by atomic mass is 16.4. The van der Waals surface area contributed by atoms with Gasteiger partial charge in [-0.25, -0.2) is 4.79 Å². The van der Waals surface area contributed by atoms with Crippen LogP contribution in [0.3, 0.4) is 0 Å². The molecule has 1 spiro atoms. The lowest BCUT2D eigenvalue weighted by Gasteiger charge is -2.53. The number of carboxylic acid groups (broad SMARTS) is 1. The van der Waals surface area contributed by atoms with Crippen LogP contribution in [0.25, 0.3) is 0 Å². The number of fused-ring (bicyclic) bond motifs is 1. The third-order valence-electron chi connectivity index (χ3n) is 6.98. The van der Waals surface area contributed by atoms with Crippen LogP contribution < -0.4 is 5.32 Å². The zero-order valence-corrected chi connectivity index (χ0v) is 13.0. The molecular formula is C17H27NO2. The van der Waals surface area contributed by atoms with Gasteiger partial charge in [-0.15, -0.1) is 0 Å². The monoisotopic (exact) mass is 277 g/mol. The molecule has 3 aliphatic carbocycles. The second-order valence-corrected chi connectivity index (χ2v) is 7.38. The molecule has 2 saturated carbocycles. The summed E-state index contributed by atoms with van der Waals surface area (Å²) in [6, 6.07) is 0. The standard InChI is InChI=1S/C17H27NO2/c1-11-4-5-12-10-14-13(15(19)20)6-7-17(11,14)16(12,2)8-9-18-3/h11-12,18H,4-10H2,1-3H3,(H,19,20). The molecular weight excluding hydrogens is 250 g/mol. The Labute approximate surface area is 121 Å². The van der Waals surface area contributed by atoms with Crippen molar-refractivity contribution in [2.45, 2.75) is 52.4 Å². The topological polar surface area (TPSA) is 49.3 Å². The molecule has 2 fully saturated rings. The van der Waals surface area contributed by atoms with E-state index in [2.05, 4.69) is 19.2 Å². The molecule has 4 atom stereocenters. The Morgan fingerprint density at radius 2 is 2.20 bits per heavy atom. The normalized spacial score (nSPS) is 43.0. The molecule has 0 amide bonds. The second kappa shape index (κ2) is 4.59. The lowest BCUT2D eigenvalue weighted by atomic mass is 9.51. The smallest absolute Gasteiger partial charge is 0.331 e. The summed E-state index contributed by atoms with van der Waals surface area (Å²) >= 11 is 0. The van der Waals surface area contributed by atoms with Gasteiger partial charge in [0.05, 0.1) is 0 Å². The van der Waals surface area contributed by atoms with Gasteiger partial charge < -0.3 is 10.4 Å². The fraction of sp³-hybridized carbons (Fsp3) is 0.824. The van der Waals surface area contributed by atoms with Gasteiger partial charge in [-0.1, -0.05) is 19.4 Å². The van der Waals surface area contributed by atoms with E-state index in [1.807, 2.05) is 7.05 Å². The largest absolute Gasteiger partial charge is 0.478 e. The summed E-state index contributed by atoms with van der Waals surface area (Å²) < 4.78 is 0. The summed E-state index contributed by atoms with van der Waals surface area (Å²) in [5.74, 6) is 0.666. The van der Waals surface area contributed by atoms with Gasteiger partial charge >= 0.3 is 5.97 Å². The minimum Gasteiger partial charge on any atom is -0.478 e. The van der Waals surface area contributed by atoms with E-state index in [1.165, 1.54) is 24.8 Å². The maximum atomic E-state index is 11.6. The number of allylic oxidation sites excluding steroid dienone is 1. The average molecular weight is 277 g/mol. The lowest BCUT2D eigenvalue weighted by Crippen LogP contribution is -2.47. The Morgan fingerprint density at radius 1 is 1.45 bits per heavy atom. The molecule has 0 radical (unpaired) electrons. The Bertz CT molecular complexity index is 470. The lowest BCUT2D eigenvalue weighted by molar-refractivity contribution is -0.132. The van der Waals surface area contributed by atoms with Crippen LogP contribution in [0.2, 0.25) is 0 Å². The Hall–Kier alpha value is -0.830. The molecule has 4 unspecified atom stereocenters. The SMILES string of the molecule is CNCCC1(C)C2CCC(C)C13CCC(C(=O)O)=C3C2. The van der Waals surface area contributed by atoms with Gasteiger partial charge in [0.1, 0.15) is 0 Å². The third-order valence-corrected chi connectivity index (χ3v) is 6.98. The summed E-state index contributed by atoms with van der Waals surface area (Å²) in [6.07, 6.45) is 6.63. The van der Waals surface area contributed by atoms with Crippen LogP contribution in [0.4, 0.5) is 0 Å². The number of rotatable bonds is 4. The molecule has 0 aromatic rings. The first kappa shape index (κ1) is 14.1. The van der Waals surface area contributed by atoms with Gasteiger partial charge in [-0.3, -0.25) is 0 Å². The number of nitrogens with one attached hydrogen (secondary N) is 1. The van der Waals surface area contributed by atoms with Crippen LogP contribution >= 0.6 is 0 Å². The van der Waals surface area contributed by atoms with Crippen molar-refractivity contribution in [2.75, 3.05) is 13.6 Å². The van der Waals surface area contributed by atoms with E-state index in [4.69, 9.17) is 0 Å². The first-order valence-corrected chi connectivity index (χ1v) is 8.07. The van der Waals surface area contributed by atoms with Crippen LogP contribution in [0.5, 0.6) is 0 Å². The van der Waals surface area contributed by atoms with E-state index in [9.17, 15) is 9.90 Å². The van der Waals surface area contributed by atoms with Gasteiger partial charge in [0.25, 0.3) is 0 Å². The summed E-state index contributed by atoms with van der Waals surface area (Å²) in [6.45, 7) is 5.85. The van der Waals surface area contributed by atoms with E-state index in [1.54, 1.807) is 0 Å². The maximum Gasteiger partial charge on any atom is 0.331 e. The molecule has 3 heteroatoms. The highest BCUT2D eigenvalue weighted by molar-refractivity contribution is 5.89. The van der Waals surface area contributed by atoms with Crippen molar-refractivity contribution in [3.05, 3.63) is 11.1 Å². The predicted molar refractivity (Wildman–Crippen MR) is 79.5 cm³/mol. The van der Waals surface area contributed by atoms with Crippen LogP contribution in [-0.2, 0) is 4.79 Å². The highest BCUT2D eigenvalue weighted by Gasteiger charge is 2.65. The van der Waals surface area contributed by atoms with Crippen LogP contribution in [-0.4, -0.2) is 24.7 Å². The molecule has 2 bridgehead atoms. The van der Waals surface area contributed by atoms with Gasteiger partial charge in [-0.05, 0) is 69.4 Å². The first-order valence-electron chi connectivity index (χ1n) is 8.07. The van der Waals surface area contributed by atoms with E-state index in [-0.39, 0.29) is 5.41 Å². The molecule has 0 aromatic carbocycles. The Balaban J connectivity index is 2.09. The minimum absolute atomic E-state index is 0.181. The average Bonchev–Trinajstić information content (AvgIpc) is 2.84. The molecule has 0 aromatic heterocycles. The van der Waals surface area contributed by atoms with Crippen molar-refractivity contribution in [1.82, 2.24) is 5.32 Å². The van der Waals surface area contributed by atoms with Crippen LogP contribution in [0, 0.1) is 22.7 Å². The summed E-state index contributed by atoms with van der Waals surface area (Å²) in [7, 11) is 2.02. The van der Waals surface area contributed by atoms with E-state index >= 15 is 0 Å². The number of hydrogen-bond acceptors (Lipinski definition) is 2. The van der Waals surface area contributed by atoms with E-state index < -0.39 is 5.97 Å². The van der Waals surface area contributed by atoms with Gasteiger partial charge in [0, 0.05) is 11.0 Å². The fourth-order valence-electron chi connectivity index (χ4n) is 5.94. The van der Waals surface area contributed by atoms with Gasteiger partial charge in [0.15, 0.2) is 0 Å². The number of aliphatic carboxylic acids is 1. The molecule has 0 heterocycles. The quantitative estimate of drug-likeness (QED) is 0.829. The first-order chi connectivity index (χ1) is 9.47. The fourth-order valence-corrected chi connectivity index (χ4v) is 5.94. The third kappa shape index (κ3) is 1.53. The van der Waals surface area contributed by atoms with Crippen molar-refractivity contribution >= 4 is 5.97 Å². The summed E-state index contributed by atoms with van der Waals surface area (Å²) in [5.41, 5.74) is 2.57. The molecule has 20 heavy (non-hydrogen) atoms. The molecule has 0 aliphatic heterocycles. The Morgan fingerprint density at radius 3 is 2.85 bits per heavy atom. The van der Waals surface area contributed by atoms with Crippen LogP contribution in [0.1, 0.15) is 52.4 Å². The van der Waals surface area contributed by atoms with Crippen molar-refractivity contribution < 1.29 is 9.90 Å². The van der Waals surface area contributed by atoms with Crippen molar-refractivity contribution in [1.29, 1.82) is 0 Å². The van der Waals surface area contributed by atoms with Gasteiger partial charge in [-0.2, -0.15) is 0 Å². The zero-order chi connectivity index (χ0) is 14.5. The zero-order valence-electron chi connectivity index (χ0n) is 13.0. The highest BCUT2D eigenvalue weighted by Crippen LogP contribution is 2.73. The molecule has 0 saturated heterocycles. The van der Waals surface area contributed by atoms with Crippen molar-refractivity contribution in [2.24, 2.45) is 22.7 Å². The molecule has 3 rings (SSSR count). The molecule has 112 valence electrons. The van der Waals surface area contributed by atoms with Crippen molar-refractivity contribution in [3.8, 4) is 0 Å². The molecule has 3 aliphatic rings. The summed E-state index contributed by atoms with van der Waals surface area (Å²) in [5, 5.41) is 12.8. The molecule has 3 nitrogen and oxygen atoms in total. The van der Waals surface area contributed by atoms with E-state index in [0.29, 0.717) is 17.3 Å².